The number of nitrogens with two attached hydrogens (primary N) is 1. The first-order chi connectivity index (χ1) is 15.0. The maximum atomic E-state index is 13.8. The lowest BCUT2D eigenvalue weighted by Gasteiger charge is -2.30. The zero-order valence-corrected chi connectivity index (χ0v) is 17.8. The molecule has 1 aliphatic heterocycles. The van der Waals surface area contributed by atoms with Crippen molar-refractivity contribution >= 4 is 22.5 Å². The first kappa shape index (κ1) is 19.8. The van der Waals surface area contributed by atoms with Crippen molar-refractivity contribution < 1.29 is 9.18 Å². The molecular formula is C24H26FN5O. The van der Waals surface area contributed by atoms with Gasteiger partial charge in [0.2, 0.25) is 0 Å². The van der Waals surface area contributed by atoms with Crippen LogP contribution in [-0.4, -0.2) is 43.9 Å². The highest BCUT2D eigenvalue weighted by molar-refractivity contribution is 5.95. The number of carbonyl (C=O) groups excluding carboxylic acids is 1. The van der Waals surface area contributed by atoms with Gasteiger partial charge in [-0.2, -0.15) is 0 Å². The van der Waals surface area contributed by atoms with Crippen molar-refractivity contribution in [2.24, 2.45) is 5.73 Å². The van der Waals surface area contributed by atoms with Gasteiger partial charge in [-0.25, -0.2) is 9.37 Å². The lowest BCUT2D eigenvalue weighted by atomic mass is 10.1. The number of fused-ring (bicyclic) bond motifs is 2. The lowest BCUT2D eigenvalue weighted by molar-refractivity contribution is 0.0709. The number of piperidine rings is 1. The molecule has 1 amide bonds. The van der Waals surface area contributed by atoms with Crippen LogP contribution < -0.4 is 5.73 Å². The third kappa shape index (κ3) is 3.29. The van der Waals surface area contributed by atoms with Gasteiger partial charge in [0.25, 0.3) is 5.91 Å². The number of amides is 1. The molecule has 0 radical (unpaired) electrons. The van der Waals surface area contributed by atoms with Crippen LogP contribution in [0.2, 0.25) is 0 Å². The Morgan fingerprint density at radius 1 is 1.26 bits per heavy atom. The normalized spacial score (nSPS) is 17.0. The number of carbonyl (C=O) groups is 1. The topological polar surface area (TPSA) is 68.6 Å². The average molecular weight is 420 g/mol. The molecule has 160 valence electrons. The number of aromatic nitrogens is 3. The van der Waals surface area contributed by atoms with Crippen LogP contribution in [0.1, 0.15) is 35.8 Å². The summed E-state index contributed by atoms with van der Waals surface area (Å²) in [5, 5.41) is 0.852. The molecule has 0 spiro atoms. The van der Waals surface area contributed by atoms with Crippen molar-refractivity contribution in [2.45, 2.75) is 39.3 Å². The van der Waals surface area contributed by atoms with Gasteiger partial charge in [-0.05, 0) is 63.1 Å². The predicted octanol–water partition coefficient (Wildman–Crippen LogP) is 3.99. The second-order valence-corrected chi connectivity index (χ2v) is 8.32. The highest BCUT2D eigenvalue weighted by atomic mass is 19.1. The molecule has 4 heterocycles. The third-order valence-corrected chi connectivity index (χ3v) is 6.28. The van der Waals surface area contributed by atoms with E-state index in [9.17, 15) is 9.18 Å². The number of halogens is 1. The number of rotatable bonds is 3. The van der Waals surface area contributed by atoms with Crippen molar-refractivity contribution in [3.8, 4) is 11.4 Å². The lowest BCUT2D eigenvalue weighted by Crippen LogP contribution is -2.45. The Morgan fingerprint density at radius 2 is 2.10 bits per heavy atom. The van der Waals surface area contributed by atoms with Gasteiger partial charge in [0.15, 0.2) is 0 Å². The summed E-state index contributed by atoms with van der Waals surface area (Å²) in [6, 6.07) is 10.6. The number of pyridine rings is 1. The molecule has 0 aliphatic carbocycles. The Bertz CT molecular complexity index is 1300. The molecule has 1 unspecified atom stereocenters. The first-order valence-corrected chi connectivity index (χ1v) is 10.8. The van der Waals surface area contributed by atoms with Crippen molar-refractivity contribution in [3.63, 3.8) is 0 Å². The van der Waals surface area contributed by atoms with E-state index < -0.39 is 0 Å². The van der Waals surface area contributed by atoms with Crippen LogP contribution in [0.3, 0.4) is 0 Å². The summed E-state index contributed by atoms with van der Waals surface area (Å²) in [6.07, 6.45) is 3.79. The van der Waals surface area contributed by atoms with Crippen molar-refractivity contribution in [1.82, 2.24) is 18.9 Å². The molecule has 7 heteroatoms. The van der Waals surface area contributed by atoms with Gasteiger partial charge in [-0.1, -0.05) is 0 Å². The summed E-state index contributed by atoms with van der Waals surface area (Å²) in [5.74, 6) is -0.252. The van der Waals surface area contributed by atoms with Crippen LogP contribution in [0.15, 0.2) is 42.6 Å². The Morgan fingerprint density at radius 3 is 2.87 bits per heavy atom. The van der Waals surface area contributed by atoms with E-state index in [1.807, 2.05) is 46.7 Å². The highest BCUT2D eigenvalue weighted by Crippen LogP contribution is 2.31. The van der Waals surface area contributed by atoms with Crippen molar-refractivity contribution in [2.75, 3.05) is 13.1 Å². The van der Waals surface area contributed by atoms with Gasteiger partial charge in [0.1, 0.15) is 17.2 Å². The van der Waals surface area contributed by atoms with Gasteiger partial charge >= 0.3 is 0 Å². The van der Waals surface area contributed by atoms with Crippen LogP contribution in [0.4, 0.5) is 4.39 Å². The summed E-state index contributed by atoms with van der Waals surface area (Å²) in [6.45, 7) is 6.16. The minimum absolute atomic E-state index is 0.00185. The minimum atomic E-state index is -0.250. The van der Waals surface area contributed by atoms with Gasteiger partial charge in [0, 0.05) is 54.0 Å². The monoisotopic (exact) mass is 419 g/mol. The zero-order valence-electron chi connectivity index (χ0n) is 17.8. The Balaban J connectivity index is 1.58. The number of benzene rings is 1. The van der Waals surface area contributed by atoms with E-state index in [4.69, 9.17) is 10.7 Å². The number of imidazole rings is 1. The second kappa shape index (κ2) is 7.50. The molecule has 5 rings (SSSR count). The molecule has 31 heavy (non-hydrogen) atoms. The van der Waals surface area contributed by atoms with Crippen LogP contribution >= 0.6 is 0 Å². The molecule has 6 nitrogen and oxygen atoms in total. The van der Waals surface area contributed by atoms with Crippen LogP contribution in [0.5, 0.6) is 0 Å². The molecule has 1 fully saturated rings. The summed E-state index contributed by atoms with van der Waals surface area (Å²) in [4.78, 5) is 19.7. The van der Waals surface area contributed by atoms with Crippen LogP contribution in [0, 0.1) is 12.7 Å². The summed E-state index contributed by atoms with van der Waals surface area (Å²) in [5.41, 5.74) is 11.1. The van der Waals surface area contributed by atoms with E-state index in [0.29, 0.717) is 12.1 Å². The van der Waals surface area contributed by atoms with E-state index >= 15 is 0 Å². The third-order valence-electron chi connectivity index (χ3n) is 6.28. The fourth-order valence-corrected chi connectivity index (χ4v) is 4.70. The number of hydrogen-bond donors (Lipinski definition) is 1. The van der Waals surface area contributed by atoms with Crippen LogP contribution in [-0.2, 0) is 6.54 Å². The quantitative estimate of drug-likeness (QED) is 0.546. The molecular weight excluding hydrogens is 393 g/mol. The maximum absolute atomic E-state index is 13.8. The average Bonchev–Trinajstić information content (AvgIpc) is 3.29. The van der Waals surface area contributed by atoms with Crippen molar-refractivity contribution in [3.05, 3.63) is 59.7 Å². The van der Waals surface area contributed by atoms with Gasteiger partial charge in [-0.15, -0.1) is 0 Å². The van der Waals surface area contributed by atoms with E-state index in [1.54, 1.807) is 6.07 Å². The molecule has 1 aromatic carbocycles. The van der Waals surface area contributed by atoms with Crippen LogP contribution in [0.25, 0.3) is 27.9 Å². The smallest absolute Gasteiger partial charge is 0.254 e. The number of aryl methyl sites for hydroxylation is 2. The molecule has 0 bridgehead atoms. The van der Waals surface area contributed by atoms with E-state index in [0.717, 1.165) is 59.6 Å². The molecule has 1 atom stereocenters. The van der Waals surface area contributed by atoms with Gasteiger partial charge < -0.3 is 19.6 Å². The van der Waals surface area contributed by atoms with E-state index in [1.165, 1.54) is 6.07 Å². The van der Waals surface area contributed by atoms with E-state index in [2.05, 4.69) is 11.5 Å². The molecule has 1 aliphatic rings. The summed E-state index contributed by atoms with van der Waals surface area (Å²) < 4.78 is 17.9. The largest absolute Gasteiger partial charge is 0.339 e. The molecule has 4 aromatic rings. The summed E-state index contributed by atoms with van der Waals surface area (Å²) >= 11 is 0. The highest BCUT2D eigenvalue weighted by Gasteiger charge is 2.23. The zero-order chi connectivity index (χ0) is 21.7. The van der Waals surface area contributed by atoms with E-state index in [-0.39, 0.29) is 17.8 Å². The molecule has 1 saturated heterocycles. The number of nitrogens with zero attached hydrogens (tertiary/aromatic N) is 4. The van der Waals surface area contributed by atoms with Gasteiger partial charge in [-0.3, -0.25) is 4.79 Å². The second-order valence-electron chi connectivity index (χ2n) is 8.32. The van der Waals surface area contributed by atoms with Gasteiger partial charge in [0.05, 0.1) is 5.69 Å². The number of hydrogen-bond acceptors (Lipinski definition) is 3. The SMILES string of the molecule is CCn1c(-c2nc3cc(C(=O)N4CCCC(N)C4)ccn3c2C)cc2cc(F)ccc21. The van der Waals surface area contributed by atoms with Crippen molar-refractivity contribution in [1.29, 1.82) is 0 Å². The minimum Gasteiger partial charge on any atom is -0.339 e. The molecule has 0 saturated carbocycles. The molecule has 2 N–H and O–H groups in total. The number of likely N-dealkylation sites (tertiary alicyclic amines) is 1. The fourth-order valence-electron chi connectivity index (χ4n) is 4.70. The standard InChI is InChI=1S/C24H26FN5O/c1-3-29-20-7-6-18(25)11-17(20)12-21(29)23-15(2)30-10-8-16(13-22(30)27-23)24(31)28-9-4-5-19(26)14-28/h6-8,10-13,19H,3-5,9,14,26H2,1-2H3. The Hall–Kier alpha value is -3.19. The summed E-state index contributed by atoms with van der Waals surface area (Å²) in [7, 11) is 0. The fraction of sp³-hybridized carbons (Fsp3) is 0.333. The Kier molecular flexibility index (Phi) is 4.78. The first-order valence-electron chi connectivity index (χ1n) is 10.8. The Labute approximate surface area is 180 Å². The maximum Gasteiger partial charge on any atom is 0.254 e. The molecule has 3 aromatic heterocycles. The predicted molar refractivity (Wildman–Crippen MR) is 120 cm³/mol.